The molecule has 0 bridgehead atoms. The minimum Gasteiger partial charge on any atom is -0.457 e. The third-order valence-electron chi connectivity index (χ3n) is 3.26. The molecule has 3 heteroatoms. The minimum atomic E-state index is 0.417. The molecule has 1 N–H and O–H groups in total. The lowest BCUT2D eigenvalue weighted by Gasteiger charge is -2.14. The summed E-state index contributed by atoms with van der Waals surface area (Å²) in [4.78, 5) is 0. The molecule has 0 fully saturated rings. The molecule has 0 radical (unpaired) electrons. The molecule has 0 aliphatic heterocycles. The van der Waals surface area contributed by atoms with Crippen LogP contribution in [0.5, 0.6) is 11.5 Å². The molecule has 0 heterocycles. The van der Waals surface area contributed by atoms with Crippen LogP contribution in [-0.2, 0) is 13.0 Å². The Morgan fingerprint density at radius 1 is 1.14 bits per heavy atom. The predicted molar refractivity (Wildman–Crippen MR) is 89.3 cm³/mol. The van der Waals surface area contributed by atoms with E-state index in [0.29, 0.717) is 6.04 Å². The van der Waals surface area contributed by atoms with Crippen molar-refractivity contribution in [3.05, 3.63) is 58.6 Å². The molecular weight excluding hydrogens is 282 g/mol. The van der Waals surface area contributed by atoms with E-state index in [2.05, 4.69) is 38.2 Å². The fraction of sp³-hybridized carbons (Fsp3) is 0.333. The van der Waals surface area contributed by atoms with E-state index in [1.165, 1.54) is 5.56 Å². The van der Waals surface area contributed by atoms with E-state index in [1.54, 1.807) is 0 Å². The summed E-state index contributed by atoms with van der Waals surface area (Å²) in [7, 11) is 0. The average Bonchev–Trinajstić information content (AvgIpc) is 2.47. The zero-order valence-corrected chi connectivity index (χ0v) is 13.6. The summed E-state index contributed by atoms with van der Waals surface area (Å²) in [5.74, 6) is 1.71. The van der Waals surface area contributed by atoms with Gasteiger partial charge in [0.25, 0.3) is 0 Å². The van der Waals surface area contributed by atoms with E-state index >= 15 is 0 Å². The van der Waals surface area contributed by atoms with Gasteiger partial charge in [0.15, 0.2) is 0 Å². The van der Waals surface area contributed by atoms with E-state index in [9.17, 15) is 0 Å². The number of hydrogen-bond acceptors (Lipinski definition) is 2. The van der Waals surface area contributed by atoms with Crippen molar-refractivity contribution >= 4 is 11.6 Å². The van der Waals surface area contributed by atoms with E-state index < -0.39 is 0 Å². The Balaban J connectivity index is 2.21. The van der Waals surface area contributed by atoms with Gasteiger partial charge < -0.3 is 10.1 Å². The number of rotatable bonds is 6. The fourth-order valence-electron chi connectivity index (χ4n) is 2.06. The molecule has 0 aromatic heterocycles. The molecule has 0 aliphatic rings. The van der Waals surface area contributed by atoms with Gasteiger partial charge in [-0.3, -0.25) is 0 Å². The van der Waals surface area contributed by atoms with E-state index in [4.69, 9.17) is 16.3 Å². The Kier molecular flexibility index (Phi) is 5.66. The molecule has 2 aromatic rings. The summed E-state index contributed by atoms with van der Waals surface area (Å²) >= 11 is 6.10. The Morgan fingerprint density at radius 3 is 2.67 bits per heavy atom. The van der Waals surface area contributed by atoms with Gasteiger partial charge in [0.05, 0.1) is 0 Å². The molecule has 2 nitrogen and oxygen atoms in total. The highest BCUT2D eigenvalue weighted by atomic mass is 35.5. The van der Waals surface area contributed by atoms with Gasteiger partial charge in [0, 0.05) is 23.2 Å². The van der Waals surface area contributed by atoms with Crippen molar-refractivity contribution in [2.45, 2.75) is 39.8 Å². The van der Waals surface area contributed by atoms with Crippen LogP contribution < -0.4 is 10.1 Å². The first-order valence-corrected chi connectivity index (χ1v) is 7.75. The van der Waals surface area contributed by atoms with Crippen LogP contribution in [0.4, 0.5) is 0 Å². The number of hydrogen-bond donors (Lipinski definition) is 1. The largest absolute Gasteiger partial charge is 0.457 e. The zero-order valence-electron chi connectivity index (χ0n) is 12.8. The summed E-state index contributed by atoms with van der Waals surface area (Å²) in [5.41, 5.74) is 2.33. The SMILES string of the molecule is CCc1cccc(Oc2ccc(Cl)cc2CNC(C)C)c1. The molecule has 2 aromatic carbocycles. The van der Waals surface area contributed by atoms with Gasteiger partial charge in [-0.15, -0.1) is 0 Å². The second kappa shape index (κ2) is 7.48. The monoisotopic (exact) mass is 303 g/mol. The third-order valence-corrected chi connectivity index (χ3v) is 3.49. The van der Waals surface area contributed by atoms with E-state index in [0.717, 1.165) is 35.1 Å². The highest BCUT2D eigenvalue weighted by molar-refractivity contribution is 6.30. The van der Waals surface area contributed by atoms with Gasteiger partial charge in [-0.1, -0.05) is 44.5 Å². The number of halogens is 1. The molecule has 2 rings (SSSR count). The molecular formula is C18H22ClNO. The maximum Gasteiger partial charge on any atom is 0.132 e. The summed E-state index contributed by atoms with van der Waals surface area (Å²) in [6.45, 7) is 7.12. The topological polar surface area (TPSA) is 21.3 Å². The van der Waals surface area contributed by atoms with Crippen molar-refractivity contribution in [1.82, 2.24) is 5.32 Å². The molecule has 0 saturated carbocycles. The van der Waals surface area contributed by atoms with Crippen LogP contribution >= 0.6 is 11.6 Å². The lowest BCUT2D eigenvalue weighted by atomic mass is 10.1. The quantitative estimate of drug-likeness (QED) is 0.792. The first-order chi connectivity index (χ1) is 10.1. The Labute approximate surface area is 132 Å². The molecule has 21 heavy (non-hydrogen) atoms. The van der Waals surface area contributed by atoms with Gasteiger partial charge in [0.1, 0.15) is 11.5 Å². The van der Waals surface area contributed by atoms with Gasteiger partial charge in [-0.25, -0.2) is 0 Å². The van der Waals surface area contributed by atoms with Crippen molar-refractivity contribution in [3.8, 4) is 11.5 Å². The van der Waals surface area contributed by atoms with Crippen LogP contribution in [0.15, 0.2) is 42.5 Å². The van der Waals surface area contributed by atoms with Crippen molar-refractivity contribution < 1.29 is 4.74 Å². The van der Waals surface area contributed by atoms with Crippen LogP contribution in [0.1, 0.15) is 31.9 Å². The third kappa shape index (κ3) is 4.76. The smallest absolute Gasteiger partial charge is 0.132 e. The molecule has 0 amide bonds. The second-order valence-electron chi connectivity index (χ2n) is 5.39. The maximum atomic E-state index is 6.10. The van der Waals surface area contributed by atoms with Gasteiger partial charge in [-0.05, 0) is 42.3 Å². The summed E-state index contributed by atoms with van der Waals surface area (Å²) < 4.78 is 6.04. The summed E-state index contributed by atoms with van der Waals surface area (Å²) in [5, 5.41) is 4.13. The van der Waals surface area contributed by atoms with Crippen LogP contribution in [0, 0.1) is 0 Å². The summed E-state index contributed by atoms with van der Waals surface area (Å²) in [6.07, 6.45) is 1.000. The molecule has 0 spiro atoms. The Hall–Kier alpha value is -1.51. The van der Waals surface area contributed by atoms with Crippen molar-refractivity contribution in [3.63, 3.8) is 0 Å². The standard InChI is InChI=1S/C18H22ClNO/c1-4-14-6-5-7-17(10-14)21-18-9-8-16(19)11-15(18)12-20-13(2)3/h5-11,13,20H,4,12H2,1-3H3. The highest BCUT2D eigenvalue weighted by Gasteiger charge is 2.07. The Bertz CT molecular complexity index is 596. The van der Waals surface area contributed by atoms with Gasteiger partial charge in [-0.2, -0.15) is 0 Å². The van der Waals surface area contributed by atoms with Gasteiger partial charge in [0.2, 0.25) is 0 Å². The van der Waals surface area contributed by atoms with E-state index in [-0.39, 0.29) is 0 Å². The van der Waals surface area contributed by atoms with Crippen molar-refractivity contribution in [1.29, 1.82) is 0 Å². The number of ether oxygens (including phenoxy) is 1. The fourth-order valence-corrected chi connectivity index (χ4v) is 2.25. The van der Waals surface area contributed by atoms with Crippen LogP contribution in [0.2, 0.25) is 5.02 Å². The zero-order chi connectivity index (χ0) is 15.2. The predicted octanol–water partition coefficient (Wildman–Crippen LogP) is 5.19. The Morgan fingerprint density at radius 2 is 1.95 bits per heavy atom. The average molecular weight is 304 g/mol. The lowest BCUT2D eigenvalue weighted by Crippen LogP contribution is -2.22. The molecule has 0 aliphatic carbocycles. The number of benzene rings is 2. The van der Waals surface area contributed by atoms with E-state index in [1.807, 2.05) is 30.3 Å². The minimum absolute atomic E-state index is 0.417. The van der Waals surface area contributed by atoms with Gasteiger partial charge >= 0.3 is 0 Å². The van der Waals surface area contributed by atoms with Crippen molar-refractivity contribution in [2.75, 3.05) is 0 Å². The first-order valence-electron chi connectivity index (χ1n) is 7.37. The van der Waals surface area contributed by atoms with Crippen LogP contribution in [0.3, 0.4) is 0 Å². The van der Waals surface area contributed by atoms with Crippen molar-refractivity contribution in [2.24, 2.45) is 0 Å². The highest BCUT2D eigenvalue weighted by Crippen LogP contribution is 2.28. The number of aryl methyl sites for hydroxylation is 1. The van der Waals surface area contributed by atoms with Crippen LogP contribution in [-0.4, -0.2) is 6.04 Å². The molecule has 0 saturated heterocycles. The molecule has 0 unspecified atom stereocenters. The summed E-state index contributed by atoms with van der Waals surface area (Å²) in [6, 6.07) is 14.3. The van der Waals surface area contributed by atoms with Crippen LogP contribution in [0.25, 0.3) is 0 Å². The lowest BCUT2D eigenvalue weighted by molar-refractivity contribution is 0.469. The normalized spacial score (nSPS) is 10.9. The molecule has 112 valence electrons. The molecule has 0 atom stereocenters. The first kappa shape index (κ1) is 15.9. The number of nitrogens with one attached hydrogen (secondary N) is 1. The second-order valence-corrected chi connectivity index (χ2v) is 5.83. The maximum absolute atomic E-state index is 6.10.